The number of fused-ring (bicyclic) bond motifs is 1. The van der Waals surface area contributed by atoms with Gasteiger partial charge in [-0.15, -0.1) is 0 Å². The Labute approximate surface area is 220 Å². The summed E-state index contributed by atoms with van der Waals surface area (Å²) < 4.78 is 13.2. The average Bonchev–Trinajstić information content (AvgIpc) is 2.87. The van der Waals surface area contributed by atoms with Gasteiger partial charge in [0.2, 0.25) is 5.95 Å². The molecule has 1 fully saturated rings. The van der Waals surface area contributed by atoms with Gasteiger partial charge in [-0.25, -0.2) is 4.98 Å². The van der Waals surface area contributed by atoms with Crippen LogP contribution >= 0.6 is 11.6 Å². The molecule has 198 valence electrons. The summed E-state index contributed by atoms with van der Waals surface area (Å²) in [4.78, 5) is 36.0. The number of nitrogens with zero attached hydrogens (tertiary/aromatic N) is 4. The summed E-state index contributed by atoms with van der Waals surface area (Å²) in [5.41, 5.74) is 1.19. The number of amides is 1. The number of benzene rings is 1. The van der Waals surface area contributed by atoms with E-state index in [1.54, 1.807) is 16.8 Å². The van der Waals surface area contributed by atoms with E-state index in [4.69, 9.17) is 26.1 Å². The van der Waals surface area contributed by atoms with Crippen LogP contribution in [0.2, 0.25) is 5.02 Å². The van der Waals surface area contributed by atoms with Gasteiger partial charge in [0, 0.05) is 37.3 Å². The molecule has 2 aromatic heterocycles. The highest BCUT2D eigenvalue weighted by molar-refractivity contribution is 6.32. The molecule has 3 aromatic rings. The van der Waals surface area contributed by atoms with Gasteiger partial charge in [-0.3, -0.25) is 9.59 Å². The molecule has 1 aliphatic heterocycles. The number of hydrogen-bond donors (Lipinski definition) is 2. The number of hydrogen-bond acceptors (Lipinski definition) is 8. The number of ether oxygens (including phenoxy) is 2. The second-order valence-electron chi connectivity index (χ2n) is 9.39. The van der Waals surface area contributed by atoms with Crippen LogP contribution < -0.4 is 25.8 Å². The molecule has 1 aromatic carbocycles. The lowest BCUT2D eigenvalue weighted by Gasteiger charge is -2.36. The van der Waals surface area contributed by atoms with Crippen LogP contribution in [0.25, 0.3) is 10.9 Å². The number of halogens is 1. The number of carbonyl (C=O) groups excluding carboxylic acids is 1. The smallest absolute Gasteiger partial charge is 0.293 e. The largest absolute Gasteiger partial charge is 0.478 e. The fourth-order valence-electron chi connectivity index (χ4n) is 4.40. The first-order valence-electron chi connectivity index (χ1n) is 12.4. The maximum absolute atomic E-state index is 13.0. The van der Waals surface area contributed by atoms with Crippen LogP contribution in [0.3, 0.4) is 0 Å². The quantitative estimate of drug-likeness (QED) is 0.453. The van der Waals surface area contributed by atoms with Gasteiger partial charge in [0.15, 0.2) is 18.2 Å². The van der Waals surface area contributed by atoms with Gasteiger partial charge in [-0.05, 0) is 51.5 Å². The molecule has 0 aliphatic carbocycles. The zero-order valence-electron chi connectivity index (χ0n) is 21.7. The van der Waals surface area contributed by atoms with E-state index in [9.17, 15) is 9.59 Å². The molecule has 10 nitrogen and oxygen atoms in total. The molecule has 0 saturated carbocycles. The van der Waals surface area contributed by atoms with Gasteiger partial charge in [0.1, 0.15) is 5.02 Å². The Morgan fingerprint density at radius 3 is 2.78 bits per heavy atom. The maximum atomic E-state index is 13.0. The third kappa shape index (κ3) is 5.97. The van der Waals surface area contributed by atoms with Crippen molar-refractivity contribution < 1.29 is 14.3 Å². The predicted octanol–water partition coefficient (Wildman–Crippen LogP) is 3.90. The number of aromatic nitrogens is 3. The van der Waals surface area contributed by atoms with Crippen molar-refractivity contribution in [3.63, 3.8) is 0 Å². The Morgan fingerprint density at radius 2 is 2.08 bits per heavy atom. The van der Waals surface area contributed by atoms with Gasteiger partial charge in [0.05, 0.1) is 23.9 Å². The maximum Gasteiger partial charge on any atom is 0.293 e. The Bertz CT molecular complexity index is 1340. The van der Waals surface area contributed by atoms with E-state index in [0.29, 0.717) is 29.9 Å². The van der Waals surface area contributed by atoms with Crippen LogP contribution in [0.4, 0.5) is 17.5 Å². The molecule has 0 bridgehead atoms. The summed E-state index contributed by atoms with van der Waals surface area (Å²) in [5.74, 6) is 0.850. The first-order valence-corrected chi connectivity index (χ1v) is 12.8. The monoisotopic (exact) mass is 528 g/mol. The zero-order chi connectivity index (χ0) is 26.7. The van der Waals surface area contributed by atoms with Crippen LogP contribution in [0.1, 0.15) is 40.2 Å². The lowest BCUT2D eigenvalue weighted by Crippen LogP contribution is -2.47. The molecule has 11 heteroatoms. The second kappa shape index (κ2) is 11.4. The number of pyridine rings is 1. The highest BCUT2D eigenvalue weighted by atomic mass is 35.5. The molecule has 2 N–H and O–H groups in total. The van der Waals surface area contributed by atoms with Crippen LogP contribution in [-0.2, 0) is 9.53 Å². The minimum absolute atomic E-state index is 0.0771. The molecular weight excluding hydrogens is 496 g/mol. The molecule has 0 spiro atoms. The summed E-state index contributed by atoms with van der Waals surface area (Å²) in [6, 6.07) is 7.17. The summed E-state index contributed by atoms with van der Waals surface area (Å²) in [6.45, 7) is 9.15. The Hall–Kier alpha value is -3.37. The predicted molar refractivity (Wildman–Crippen MR) is 145 cm³/mol. The summed E-state index contributed by atoms with van der Waals surface area (Å²) in [7, 11) is 1.52. The van der Waals surface area contributed by atoms with Gasteiger partial charge in [-0.2, -0.15) is 4.98 Å². The summed E-state index contributed by atoms with van der Waals surface area (Å²) >= 11 is 6.45. The van der Waals surface area contributed by atoms with E-state index in [0.717, 1.165) is 23.0 Å². The third-order valence-electron chi connectivity index (χ3n) is 6.22. The molecule has 37 heavy (non-hydrogen) atoms. The number of morpholine rings is 1. The van der Waals surface area contributed by atoms with E-state index >= 15 is 0 Å². The van der Waals surface area contributed by atoms with Gasteiger partial charge in [-0.1, -0.05) is 18.5 Å². The fourth-order valence-corrected chi connectivity index (χ4v) is 4.54. The number of rotatable bonds is 8. The Balaban J connectivity index is 1.66. The van der Waals surface area contributed by atoms with Crippen molar-refractivity contribution in [3.8, 4) is 5.75 Å². The molecule has 2 atom stereocenters. The molecule has 4 rings (SSSR count). The Morgan fingerprint density at radius 1 is 1.30 bits per heavy atom. The van der Waals surface area contributed by atoms with Gasteiger partial charge >= 0.3 is 0 Å². The first kappa shape index (κ1) is 26.7. The highest BCUT2D eigenvalue weighted by Crippen LogP contribution is 2.29. The SMILES string of the molecule is CC[C@@H]1CN(c2ncc(Cl)c(Nc3ccc4c(c3)cc(OCC(=O)NC)c(=O)n4C(C)C)n2)C[C@@H](C)O1. The lowest BCUT2D eigenvalue weighted by atomic mass is 10.1. The zero-order valence-corrected chi connectivity index (χ0v) is 22.5. The topological polar surface area (TPSA) is 111 Å². The van der Waals surface area contributed by atoms with Crippen molar-refractivity contribution >= 4 is 45.9 Å². The van der Waals surface area contributed by atoms with Gasteiger partial charge < -0.3 is 29.6 Å². The second-order valence-corrected chi connectivity index (χ2v) is 9.79. The van der Waals surface area contributed by atoms with Crippen LogP contribution in [0.15, 0.2) is 35.3 Å². The van der Waals surface area contributed by atoms with Crippen LogP contribution in [0.5, 0.6) is 5.75 Å². The highest BCUT2D eigenvalue weighted by Gasteiger charge is 2.26. The average molecular weight is 529 g/mol. The van der Waals surface area contributed by atoms with Crippen molar-refractivity contribution in [2.45, 2.75) is 52.4 Å². The fraction of sp³-hybridized carbons (Fsp3) is 0.462. The number of nitrogens with one attached hydrogen (secondary N) is 2. The molecule has 0 unspecified atom stereocenters. The van der Waals surface area contributed by atoms with E-state index in [1.165, 1.54) is 7.05 Å². The van der Waals surface area contributed by atoms with Crippen molar-refractivity contribution in [3.05, 3.63) is 45.8 Å². The van der Waals surface area contributed by atoms with E-state index in [-0.39, 0.29) is 42.1 Å². The molecular formula is C26H33ClN6O4. The number of likely N-dealkylation sites (N-methyl/N-ethyl adjacent to an activating group) is 1. The van der Waals surface area contributed by atoms with Crippen LogP contribution in [0, 0.1) is 0 Å². The van der Waals surface area contributed by atoms with Crippen molar-refractivity contribution in [1.29, 1.82) is 0 Å². The minimum atomic E-state index is -0.319. The number of anilines is 3. The van der Waals surface area contributed by atoms with E-state index in [1.807, 2.05) is 39.0 Å². The third-order valence-corrected chi connectivity index (χ3v) is 6.49. The normalized spacial score (nSPS) is 17.8. The number of carbonyl (C=O) groups is 1. The lowest BCUT2D eigenvalue weighted by molar-refractivity contribution is -0.122. The molecule has 1 amide bonds. The first-order chi connectivity index (χ1) is 17.7. The molecule has 0 radical (unpaired) electrons. The van der Waals surface area contributed by atoms with Crippen molar-refractivity contribution in [2.75, 3.05) is 37.0 Å². The summed E-state index contributed by atoms with van der Waals surface area (Å²) in [6.07, 6.45) is 2.70. The summed E-state index contributed by atoms with van der Waals surface area (Å²) in [5, 5.41) is 6.93. The van der Waals surface area contributed by atoms with Crippen molar-refractivity contribution in [1.82, 2.24) is 19.9 Å². The Kier molecular flexibility index (Phi) is 8.19. The van der Waals surface area contributed by atoms with Crippen LogP contribution in [-0.4, -0.2) is 59.4 Å². The standard InChI is InChI=1S/C26H33ClN6O4/c1-6-19-13-32(12-16(4)37-19)26-29-11-20(27)24(31-26)30-18-7-8-21-17(9-18)10-22(36-14-23(34)28-5)25(35)33(21)15(2)3/h7-11,15-16,19H,6,12-14H2,1-5H3,(H,28,34)(H,29,30,31)/t16-,19-/m1/s1. The molecule has 1 saturated heterocycles. The van der Waals surface area contributed by atoms with E-state index < -0.39 is 0 Å². The van der Waals surface area contributed by atoms with Gasteiger partial charge in [0.25, 0.3) is 11.5 Å². The molecule has 1 aliphatic rings. The van der Waals surface area contributed by atoms with E-state index in [2.05, 4.69) is 27.4 Å². The molecule has 3 heterocycles. The minimum Gasteiger partial charge on any atom is -0.478 e. The van der Waals surface area contributed by atoms with Crippen molar-refractivity contribution in [2.24, 2.45) is 0 Å².